The number of likely N-dealkylation sites (N-methyl/N-ethyl adjacent to an activating group) is 1. The van der Waals surface area contributed by atoms with Crippen molar-refractivity contribution in [1.82, 2.24) is 10.2 Å². The van der Waals surface area contributed by atoms with Crippen LogP contribution in [0, 0.1) is 0 Å². The molecule has 2 aliphatic rings. The molecule has 1 aromatic carbocycles. The van der Waals surface area contributed by atoms with Gasteiger partial charge in [-0.3, -0.25) is 0 Å². The Morgan fingerprint density at radius 2 is 2.17 bits per heavy atom. The Balaban J connectivity index is 1.41. The predicted octanol–water partition coefficient (Wildman–Crippen LogP) is 2.39. The first kappa shape index (κ1) is 12.5. The van der Waals surface area contributed by atoms with Crippen LogP contribution < -0.4 is 5.32 Å². The van der Waals surface area contributed by atoms with Crippen LogP contribution in [0.15, 0.2) is 29.2 Å². The van der Waals surface area contributed by atoms with Crippen molar-refractivity contribution < 1.29 is 0 Å². The Hall–Kier alpha value is -0.510. The van der Waals surface area contributed by atoms with Gasteiger partial charge < -0.3 is 10.2 Å². The molecule has 1 saturated carbocycles. The third kappa shape index (κ3) is 3.28. The molecule has 0 bridgehead atoms. The van der Waals surface area contributed by atoms with Crippen LogP contribution in [-0.2, 0) is 6.42 Å². The van der Waals surface area contributed by atoms with E-state index in [4.69, 9.17) is 0 Å². The molecule has 1 unspecified atom stereocenters. The summed E-state index contributed by atoms with van der Waals surface area (Å²) in [7, 11) is 2.25. The lowest BCUT2D eigenvalue weighted by Gasteiger charge is -2.20. The van der Waals surface area contributed by atoms with Gasteiger partial charge in [0, 0.05) is 35.8 Å². The zero-order chi connectivity index (χ0) is 12.4. The van der Waals surface area contributed by atoms with E-state index in [2.05, 4.69) is 53.3 Å². The second-order valence-corrected chi connectivity index (χ2v) is 6.88. The summed E-state index contributed by atoms with van der Waals surface area (Å²) >= 11 is 2.05. The first-order chi connectivity index (χ1) is 8.81. The van der Waals surface area contributed by atoms with E-state index < -0.39 is 0 Å². The minimum absolute atomic E-state index is 0.744. The minimum atomic E-state index is 0.744. The lowest BCUT2D eigenvalue weighted by atomic mass is 10.1. The topological polar surface area (TPSA) is 15.3 Å². The molecule has 0 spiro atoms. The molecule has 1 heterocycles. The summed E-state index contributed by atoms with van der Waals surface area (Å²) in [6.07, 6.45) is 4.01. The zero-order valence-electron chi connectivity index (χ0n) is 11.1. The van der Waals surface area contributed by atoms with Gasteiger partial charge in [-0.05, 0) is 37.9 Å². The van der Waals surface area contributed by atoms with Crippen molar-refractivity contribution >= 4 is 11.8 Å². The van der Waals surface area contributed by atoms with Gasteiger partial charge in [-0.1, -0.05) is 18.2 Å². The van der Waals surface area contributed by atoms with Crippen molar-refractivity contribution in [2.45, 2.75) is 35.4 Å². The molecule has 2 nitrogen and oxygen atoms in total. The molecule has 3 heteroatoms. The summed E-state index contributed by atoms with van der Waals surface area (Å²) in [4.78, 5) is 3.96. The Labute approximate surface area is 114 Å². The first-order valence-corrected chi connectivity index (χ1v) is 7.86. The van der Waals surface area contributed by atoms with Crippen LogP contribution in [0.4, 0.5) is 0 Å². The smallest absolute Gasteiger partial charge is 0.0263 e. The van der Waals surface area contributed by atoms with Crippen LogP contribution in [0.1, 0.15) is 18.4 Å². The molecule has 1 aliphatic heterocycles. The maximum atomic E-state index is 3.58. The van der Waals surface area contributed by atoms with Gasteiger partial charge in [0.25, 0.3) is 0 Å². The van der Waals surface area contributed by atoms with E-state index >= 15 is 0 Å². The normalized spacial score (nSPS) is 22.4. The fourth-order valence-electron chi connectivity index (χ4n) is 2.54. The molecular formula is C15H22N2S. The number of nitrogens with one attached hydrogen (secondary N) is 1. The summed E-state index contributed by atoms with van der Waals surface area (Å²) in [5.41, 5.74) is 1.54. The van der Waals surface area contributed by atoms with Gasteiger partial charge in [0.15, 0.2) is 0 Å². The van der Waals surface area contributed by atoms with Gasteiger partial charge in [0.1, 0.15) is 0 Å². The van der Waals surface area contributed by atoms with Crippen molar-refractivity contribution in [2.75, 3.05) is 26.7 Å². The number of thioether (sulfide) groups is 1. The average Bonchev–Trinajstić information content (AvgIpc) is 3.08. The maximum absolute atomic E-state index is 3.58. The van der Waals surface area contributed by atoms with Crippen LogP contribution in [0.2, 0.25) is 0 Å². The molecule has 98 valence electrons. The second kappa shape index (κ2) is 5.64. The Bertz CT molecular complexity index is 378. The fraction of sp³-hybridized carbons (Fsp3) is 0.600. The Kier molecular flexibility index (Phi) is 3.92. The molecule has 1 N–H and O–H groups in total. The van der Waals surface area contributed by atoms with Crippen LogP contribution in [0.5, 0.6) is 0 Å². The lowest BCUT2D eigenvalue weighted by Crippen LogP contribution is -2.34. The third-order valence-corrected chi connectivity index (χ3v) is 5.03. The number of hydrogen-bond acceptors (Lipinski definition) is 3. The molecular weight excluding hydrogens is 240 g/mol. The highest BCUT2D eigenvalue weighted by Crippen LogP contribution is 2.36. The molecule has 0 aromatic heterocycles. The van der Waals surface area contributed by atoms with E-state index in [0.717, 1.165) is 17.8 Å². The number of nitrogens with zero attached hydrogens (tertiary/aromatic N) is 1. The van der Waals surface area contributed by atoms with Gasteiger partial charge >= 0.3 is 0 Å². The van der Waals surface area contributed by atoms with Gasteiger partial charge in [-0.2, -0.15) is 0 Å². The standard InChI is InChI=1S/C15H22N2S/c1-17(9-8-16-13-6-7-13)11-14-10-12-4-2-3-5-15(12)18-14/h2-5,13-14,16H,6-11H2,1H3. The molecule has 0 amide bonds. The van der Waals surface area contributed by atoms with Gasteiger partial charge in [-0.25, -0.2) is 0 Å². The molecule has 0 radical (unpaired) electrons. The molecule has 1 fully saturated rings. The van der Waals surface area contributed by atoms with E-state index in [1.807, 2.05) is 0 Å². The summed E-state index contributed by atoms with van der Waals surface area (Å²) in [6, 6.07) is 9.68. The van der Waals surface area contributed by atoms with Gasteiger partial charge in [0.2, 0.25) is 0 Å². The second-order valence-electron chi connectivity index (χ2n) is 5.54. The number of hydrogen-bond donors (Lipinski definition) is 1. The van der Waals surface area contributed by atoms with E-state index in [-0.39, 0.29) is 0 Å². The summed E-state index contributed by atoms with van der Waals surface area (Å²) in [5.74, 6) is 0. The lowest BCUT2D eigenvalue weighted by molar-refractivity contribution is 0.332. The third-order valence-electron chi connectivity index (χ3n) is 3.73. The van der Waals surface area contributed by atoms with E-state index in [9.17, 15) is 0 Å². The monoisotopic (exact) mass is 262 g/mol. The minimum Gasteiger partial charge on any atom is -0.313 e. The molecule has 1 aromatic rings. The van der Waals surface area contributed by atoms with Gasteiger partial charge in [0.05, 0.1) is 0 Å². The highest BCUT2D eigenvalue weighted by atomic mass is 32.2. The van der Waals surface area contributed by atoms with Crippen molar-refractivity contribution in [2.24, 2.45) is 0 Å². The predicted molar refractivity (Wildman–Crippen MR) is 78.3 cm³/mol. The summed E-state index contributed by atoms with van der Waals surface area (Å²) in [6.45, 7) is 3.51. The largest absolute Gasteiger partial charge is 0.313 e. The van der Waals surface area contributed by atoms with Crippen LogP contribution >= 0.6 is 11.8 Å². The first-order valence-electron chi connectivity index (χ1n) is 6.98. The number of fused-ring (bicyclic) bond motifs is 1. The van der Waals surface area contributed by atoms with Crippen molar-refractivity contribution in [3.63, 3.8) is 0 Å². The maximum Gasteiger partial charge on any atom is 0.0263 e. The molecule has 18 heavy (non-hydrogen) atoms. The molecule has 1 aliphatic carbocycles. The van der Waals surface area contributed by atoms with Crippen molar-refractivity contribution in [3.8, 4) is 0 Å². The summed E-state index contributed by atoms with van der Waals surface area (Å²) in [5, 5.41) is 4.32. The Morgan fingerprint density at radius 3 is 2.94 bits per heavy atom. The van der Waals surface area contributed by atoms with Crippen molar-refractivity contribution in [1.29, 1.82) is 0 Å². The average molecular weight is 262 g/mol. The zero-order valence-corrected chi connectivity index (χ0v) is 11.9. The van der Waals surface area contributed by atoms with E-state index in [1.54, 1.807) is 0 Å². The highest BCUT2D eigenvalue weighted by molar-refractivity contribution is 8.00. The van der Waals surface area contributed by atoms with Gasteiger partial charge in [-0.15, -0.1) is 11.8 Å². The van der Waals surface area contributed by atoms with Crippen LogP contribution in [-0.4, -0.2) is 42.9 Å². The van der Waals surface area contributed by atoms with E-state index in [1.165, 1.54) is 42.8 Å². The quantitative estimate of drug-likeness (QED) is 0.847. The highest BCUT2D eigenvalue weighted by Gasteiger charge is 2.23. The SMILES string of the molecule is CN(CCNC1CC1)CC1Cc2ccccc2S1. The number of benzene rings is 1. The van der Waals surface area contributed by atoms with Crippen LogP contribution in [0.3, 0.4) is 0 Å². The summed E-state index contributed by atoms with van der Waals surface area (Å²) < 4.78 is 0. The van der Waals surface area contributed by atoms with E-state index in [0.29, 0.717) is 0 Å². The number of rotatable bonds is 6. The fourth-order valence-corrected chi connectivity index (χ4v) is 3.95. The molecule has 3 rings (SSSR count). The molecule has 0 saturated heterocycles. The Morgan fingerprint density at radius 1 is 1.33 bits per heavy atom. The van der Waals surface area contributed by atoms with Crippen molar-refractivity contribution in [3.05, 3.63) is 29.8 Å². The van der Waals surface area contributed by atoms with Crippen LogP contribution in [0.25, 0.3) is 0 Å². The molecule has 1 atom stereocenters.